The quantitative estimate of drug-likeness (QED) is 0.549. The van der Waals surface area contributed by atoms with Crippen LogP contribution in [0.25, 0.3) is 17.0 Å². The van der Waals surface area contributed by atoms with Crippen molar-refractivity contribution in [2.45, 2.75) is 6.54 Å². The van der Waals surface area contributed by atoms with Gasteiger partial charge in [0.05, 0.1) is 30.4 Å². The molecule has 0 radical (unpaired) electrons. The molecule has 0 atom stereocenters. The fourth-order valence-corrected chi connectivity index (χ4v) is 2.60. The van der Waals surface area contributed by atoms with Gasteiger partial charge in [-0.25, -0.2) is 18.4 Å². The number of carboxylic acid groups (broad SMARTS) is 1. The molecule has 0 aliphatic heterocycles. The zero-order valence-corrected chi connectivity index (χ0v) is 14.1. The minimum absolute atomic E-state index is 0.0340. The van der Waals surface area contributed by atoms with Crippen molar-refractivity contribution in [2.24, 2.45) is 0 Å². The maximum atomic E-state index is 14.0. The highest BCUT2D eigenvalue weighted by molar-refractivity contribution is 5.97. The van der Waals surface area contributed by atoms with E-state index < -0.39 is 23.6 Å². The number of aromatic carboxylic acids is 1. The summed E-state index contributed by atoms with van der Waals surface area (Å²) in [5, 5.41) is 14.1. The van der Waals surface area contributed by atoms with Crippen molar-refractivity contribution in [3.05, 3.63) is 70.9 Å². The molecular formula is C19H14F2N2O4. The first-order valence-electron chi connectivity index (χ1n) is 7.83. The minimum atomic E-state index is -1.12. The zero-order valence-electron chi connectivity index (χ0n) is 14.1. The highest BCUT2D eigenvalue weighted by Gasteiger charge is 2.14. The first kappa shape index (κ1) is 18.2. The Hall–Kier alpha value is -3.55. The lowest BCUT2D eigenvalue weighted by Crippen LogP contribution is -2.05. The number of ether oxygens (including phenoxy) is 1. The standard InChI is InChI=1S/C19H14F2N2O4/c1-27-18(24)7-6-16-14-5-3-11(19(25)26)8-17(14)23(22-16)10-12-2-4-13(20)9-15(12)21/h2-9H,10H2,1H3,(H,25,26)/b7-6+. The molecule has 0 amide bonds. The maximum absolute atomic E-state index is 14.0. The number of esters is 1. The van der Waals surface area contributed by atoms with Crippen LogP contribution in [0, 0.1) is 11.6 Å². The number of hydrogen-bond donors (Lipinski definition) is 1. The smallest absolute Gasteiger partial charge is 0.335 e. The summed E-state index contributed by atoms with van der Waals surface area (Å²) >= 11 is 0. The second-order valence-corrected chi connectivity index (χ2v) is 5.67. The van der Waals surface area contributed by atoms with Crippen molar-refractivity contribution in [2.75, 3.05) is 7.11 Å². The molecule has 1 aromatic heterocycles. The van der Waals surface area contributed by atoms with Crippen LogP contribution in [0.3, 0.4) is 0 Å². The molecule has 0 saturated heterocycles. The van der Waals surface area contributed by atoms with Gasteiger partial charge in [0.25, 0.3) is 0 Å². The Labute approximate surface area is 152 Å². The van der Waals surface area contributed by atoms with E-state index in [1.54, 1.807) is 6.07 Å². The number of methoxy groups -OCH3 is 1. The molecule has 3 rings (SSSR count). The Morgan fingerprint density at radius 1 is 1.22 bits per heavy atom. The van der Waals surface area contributed by atoms with E-state index in [1.165, 1.54) is 42.1 Å². The third kappa shape index (κ3) is 3.84. The van der Waals surface area contributed by atoms with Gasteiger partial charge >= 0.3 is 11.9 Å². The monoisotopic (exact) mass is 372 g/mol. The van der Waals surface area contributed by atoms with Crippen LogP contribution in [0.2, 0.25) is 0 Å². The van der Waals surface area contributed by atoms with Crippen LogP contribution < -0.4 is 0 Å². The van der Waals surface area contributed by atoms with Gasteiger partial charge in [-0.2, -0.15) is 5.10 Å². The van der Waals surface area contributed by atoms with Crippen molar-refractivity contribution in [3.8, 4) is 0 Å². The first-order valence-corrected chi connectivity index (χ1v) is 7.83. The van der Waals surface area contributed by atoms with Crippen LogP contribution in [0.4, 0.5) is 8.78 Å². The number of carboxylic acids is 1. The second-order valence-electron chi connectivity index (χ2n) is 5.67. The maximum Gasteiger partial charge on any atom is 0.335 e. The molecule has 2 aromatic carbocycles. The Morgan fingerprint density at radius 3 is 2.67 bits per heavy atom. The second kappa shape index (κ2) is 7.36. The fraction of sp³-hybridized carbons (Fsp3) is 0.105. The summed E-state index contributed by atoms with van der Waals surface area (Å²) in [6.07, 6.45) is 2.60. The van der Waals surface area contributed by atoms with E-state index >= 15 is 0 Å². The highest BCUT2D eigenvalue weighted by Crippen LogP contribution is 2.23. The van der Waals surface area contributed by atoms with Gasteiger partial charge < -0.3 is 9.84 Å². The molecule has 1 N–H and O–H groups in total. The Bertz CT molecular complexity index is 1070. The number of nitrogens with zero attached hydrogens (tertiary/aromatic N) is 2. The van der Waals surface area contributed by atoms with Crippen LogP contribution in [0.1, 0.15) is 21.6 Å². The molecule has 0 bridgehead atoms. The Balaban J connectivity index is 2.11. The predicted molar refractivity (Wildman–Crippen MR) is 93.2 cm³/mol. The van der Waals surface area contributed by atoms with Crippen LogP contribution in [0.5, 0.6) is 0 Å². The van der Waals surface area contributed by atoms with Gasteiger partial charge in [0, 0.05) is 23.1 Å². The average Bonchev–Trinajstić information content (AvgIpc) is 2.99. The van der Waals surface area contributed by atoms with Gasteiger partial charge in [-0.05, 0) is 30.3 Å². The molecule has 0 spiro atoms. The lowest BCUT2D eigenvalue weighted by atomic mass is 10.1. The number of carbonyl (C=O) groups excluding carboxylic acids is 1. The Kier molecular flexibility index (Phi) is 4.98. The molecule has 0 aliphatic carbocycles. The molecule has 27 heavy (non-hydrogen) atoms. The van der Waals surface area contributed by atoms with Crippen molar-refractivity contribution >= 4 is 28.9 Å². The first-order chi connectivity index (χ1) is 12.9. The van der Waals surface area contributed by atoms with Crippen LogP contribution in [-0.2, 0) is 16.1 Å². The number of halogens is 2. The molecule has 8 heteroatoms. The summed E-state index contributed by atoms with van der Waals surface area (Å²) < 4.78 is 33.1. The molecular weight excluding hydrogens is 358 g/mol. The largest absolute Gasteiger partial charge is 0.478 e. The topological polar surface area (TPSA) is 81.4 Å². The van der Waals surface area contributed by atoms with E-state index in [1.807, 2.05) is 0 Å². The van der Waals surface area contributed by atoms with Crippen molar-refractivity contribution in [3.63, 3.8) is 0 Å². The lowest BCUT2D eigenvalue weighted by Gasteiger charge is -2.06. The van der Waals surface area contributed by atoms with E-state index in [0.29, 0.717) is 16.6 Å². The Morgan fingerprint density at radius 2 is 2.00 bits per heavy atom. The van der Waals surface area contributed by atoms with Crippen LogP contribution in [-0.4, -0.2) is 33.9 Å². The van der Waals surface area contributed by atoms with Crippen molar-refractivity contribution in [1.29, 1.82) is 0 Å². The minimum Gasteiger partial charge on any atom is -0.478 e. The number of fused-ring (bicyclic) bond motifs is 1. The molecule has 1 heterocycles. The van der Waals surface area contributed by atoms with Crippen molar-refractivity contribution < 1.29 is 28.2 Å². The molecule has 6 nitrogen and oxygen atoms in total. The van der Waals surface area contributed by atoms with E-state index in [2.05, 4.69) is 9.84 Å². The number of aromatic nitrogens is 2. The molecule has 138 valence electrons. The predicted octanol–water partition coefficient (Wildman–Crippen LogP) is 3.25. The molecule has 0 aliphatic rings. The molecule has 3 aromatic rings. The highest BCUT2D eigenvalue weighted by atomic mass is 19.1. The van der Waals surface area contributed by atoms with Gasteiger partial charge in [-0.1, -0.05) is 6.07 Å². The third-order valence-corrected chi connectivity index (χ3v) is 3.94. The molecule has 0 fully saturated rings. The number of benzene rings is 2. The summed E-state index contributed by atoms with van der Waals surface area (Å²) in [7, 11) is 1.24. The third-order valence-electron chi connectivity index (χ3n) is 3.94. The van der Waals surface area contributed by atoms with E-state index in [0.717, 1.165) is 12.1 Å². The zero-order chi connectivity index (χ0) is 19.6. The van der Waals surface area contributed by atoms with Crippen molar-refractivity contribution in [1.82, 2.24) is 9.78 Å². The van der Waals surface area contributed by atoms with Gasteiger partial charge in [0.2, 0.25) is 0 Å². The molecule has 0 saturated carbocycles. The summed E-state index contributed by atoms with van der Waals surface area (Å²) in [5.41, 5.74) is 1.04. The summed E-state index contributed by atoms with van der Waals surface area (Å²) in [5.74, 6) is -3.13. The van der Waals surface area contributed by atoms with Gasteiger partial charge in [-0.3, -0.25) is 4.68 Å². The van der Waals surface area contributed by atoms with Crippen LogP contribution in [0.15, 0.2) is 42.5 Å². The van der Waals surface area contributed by atoms with Gasteiger partial charge in [0.1, 0.15) is 11.6 Å². The van der Waals surface area contributed by atoms with Gasteiger partial charge in [0.15, 0.2) is 0 Å². The number of rotatable bonds is 5. The number of carbonyl (C=O) groups is 2. The van der Waals surface area contributed by atoms with Gasteiger partial charge in [-0.15, -0.1) is 0 Å². The van der Waals surface area contributed by atoms with Crippen LogP contribution >= 0.6 is 0 Å². The fourth-order valence-electron chi connectivity index (χ4n) is 2.60. The lowest BCUT2D eigenvalue weighted by molar-refractivity contribution is -0.134. The normalized spacial score (nSPS) is 11.2. The average molecular weight is 372 g/mol. The summed E-state index contributed by atoms with van der Waals surface area (Å²) in [6.45, 7) is -0.0439. The van der Waals surface area contributed by atoms with E-state index in [9.17, 15) is 23.5 Å². The van der Waals surface area contributed by atoms with E-state index in [4.69, 9.17) is 0 Å². The molecule has 0 unspecified atom stereocenters. The summed E-state index contributed by atoms with van der Waals surface area (Å²) in [6, 6.07) is 7.56. The SMILES string of the molecule is COC(=O)/C=C/c1nn(Cc2ccc(F)cc2F)c2cc(C(=O)O)ccc12. The summed E-state index contributed by atoms with van der Waals surface area (Å²) in [4.78, 5) is 22.6. The van der Waals surface area contributed by atoms with E-state index in [-0.39, 0.29) is 17.7 Å². The number of hydrogen-bond acceptors (Lipinski definition) is 4.